The Morgan fingerprint density at radius 2 is 1.70 bits per heavy atom. The van der Waals surface area contributed by atoms with E-state index in [9.17, 15) is 13.2 Å². The second kappa shape index (κ2) is 9.49. The average molecular weight is 469 g/mol. The standard InChI is InChI=1S/C25H28N2O5S/c1-17-24(13-15-27-14-12-22(16-27)32-18(2)28)26-25(31-17)21-6-4-19(5-7-21)20-8-10-23(11-9-20)33(3,29)30/h4-11,22H,12-16H2,1-3H3/t22-/m0/s1. The minimum atomic E-state index is -3.21. The lowest BCUT2D eigenvalue weighted by molar-refractivity contribution is -0.145. The number of likely N-dealkylation sites (tertiary alicyclic amines) is 1. The Morgan fingerprint density at radius 3 is 2.30 bits per heavy atom. The van der Waals surface area contributed by atoms with E-state index in [-0.39, 0.29) is 12.1 Å². The van der Waals surface area contributed by atoms with Crippen molar-refractivity contribution in [3.8, 4) is 22.6 Å². The number of sulfone groups is 1. The fraction of sp³-hybridized carbons (Fsp3) is 0.360. The predicted molar refractivity (Wildman–Crippen MR) is 126 cm³/mol. The molecule has 3 aromatic rings. The normalized spacial score (nSPS) is 16.8. The molecule has 33 heavy (non-hydrogen) atoms. The minimum Gasteiger partial charge on any atom is -0.461 e. The molecule has 0 N–H and O–H groups in total. The molecular weight excluding hydrogens is 440 g/mol. The highest BCUT2D eigenvalue weighted by atomic mass is 32.2. The van der Waals surface area contributed by atoms with Gasteiger partial charge >= 0.3 is 5.97 Å². The van der Waals surface area contributed by atoms with E-state index < -0.39 is 9.84 Å². The van der Waals surface area contributed by atoms with Crippen molar-refractivity contribution in [2.45, 2.75) is 37.7 Å². The molecule has 7 nitrogen and oxygen atoms in total. The summed E-state index contributed by atoms with van der Waals surface area (Å²) < 4.78 is 34.5. The van der Waals surface area contributed by atoms with Crippen LogP contribution in [0.15, 0.2) is 57.8 Å². The van der Waals surface area contributed by atoms with E-state index in [4.69, 9.17) is 14.1 Å². The lowest BCUT2D eigenvalue weighted by Crippen LogP contribution is -2.26. The highest BCUT2D eigenvalue weighted by Crippen LogP contribution is 2.27. The molecule has 1 aliphatic heterocycles. The smallest absolute Gasteiger partial charge is 0.302 e. The van der Waals surface area contributed by atoms with Crippen molar-refractivity contribution < 1.29 is 22.4 Å². The van der Waals surface area contributed by atoms with Crippen molar-refractivity contribution in [1.29, 1.82) is 0 Å². The van der Waals surface area contributed by atoms with Gasteiger partial charge in [0.15, 0.2) is 9.84 Å². The molecule has 2 heterocycles. The molecule has 0 spiro atoms. The SMILES string of the molecule is CC(=O)O[C@H]1CCN(CCc2nc(-c3ccc(-c4ccc(S(C)(=O)=O)cc4)cc3)oc2C)C1. The van der Waals surface area contributed by atoms with Crippen LogP contribution in [0.5, 0.6) is 0 Å². The Hall–Kier alpha value is -2.97. The molecule has 0 saturated carbocycles. The number of ether oxygens (including phenoxy) is 1. The average Bonchev–Trinajstić information content (AvgIpc) is 3.37. The maximum atomic E-state index is 11.6. The van der Waals surface area contributed by atoms with Gasteiger partial charge in [-0.1, -0.05) is 24.3 Å². The summed E-state index contributed by atoms with van der Waals surface area (Å²) in [6, 6.07) is 14.7. The summed E-state index contributed by atoms with van der Waals surface area (Å²) >= 11 is 0. The van der Waals surface area contributed by atoms with Crippen molar-refractivity contribution in [1.82, 2.24) is 9.88 Å². The number of hydrogen-bond acceptors (Lipinski definition) is 7. The second-order valence-electron chi connectivity index (χ2n) is 8.47. The first-order valence-electron chi connectivity index (χ1n) is 11.0. The van der Waals surface area contributed by atoms with E-state index in [0.717, 1.165) is 60.6 Å². The molecule has 1 atom stereocenters. The van der Waals surface area contributed by atoms with Gasteiger partial charge < -0.3 is 9.15 Å². The lowest BCUT2D eigenvalue weighted by atomic mass is 10.0. The van der Waals surface area contributed by atoms with Crippen LogP contribution in [-0.4, -0.2) is 56.3 Å². The summed E-state index contributed by atoms with van der Waals surface area (Å²) in [6.07, 6.45) is 2.82. The third-order valence-corrected chi connectivity index (χ3v) is 7.00. The first kappa shape index (κ1) is 23.2. The largest absolute Gasteiger partial charge is 0.461 e. The van der Waals surface area contributed by atoms with Gasteiger partial charge in [0.25, 0.3) is 0 Å². The van der Waals surface area contributed by atoms with Gasteiger partial charge in [0.05, 0.1) is 10.6 Å². The number of aromatic nitrogens is 1. The van der Waals surface area contributed by atoms with E-state index in [1.54, 1.807) is 12.1 Å². The molecule has 1 fully saturated rings. The van der Waals surface area contributed by atoms with Gasteiger partial charge in [0.1, 0.15) is 11.9 Å². The molecule has 1 saturated heterocycles. The van der Waals surface area contributed by atoms with E-state index in [1.807, 2.05) is 43.3 Å². The zero-order valence-corrected chi connectivity index (χ0v) is 19.9. The molecule has 174 valence electrons. The minimum absolute atomic E-state index is 0.0161. The lowest BCUT2D eigenvalue weighted by Gasteiger charge is -2.15. The van der Waals surface area contributed by atoms with Gasteiger partial charge in [0, 0.05) is 44.8 Å². The zero-order valence-electron chi connectivity index (χ0n) is 19.1. The fourth-order valence-corrected chi connectivity index (χ4v) is 4.71. The van der Waals surface area contributed by atoms with Gasteiger partial charge in [-0.2, -0.15) is 0 Å². The van der Waals surface area contributed by atoms with Gasteiger partial charge in [-0.25, -0.2) is 13.4 Å². The zero-order chi connectivity index (χ0) is 23.6. The molecule has 1 aliphatic rings. The monoisotopic (exact) mass is 468 g/mol. The van der Waals surface area contributed by atoms with E-state index in [0.29, 0.717) is 10.8 Å². The molecule has 1 aromatic heterocycles. The van der Waals surface area contributed by atoms with Crippen molar-refractivity contribution >= 4 is 15.8 Å². The third-order valence-electron chi connectivity index (χ3n) is 5.87. The number of nitrogens with zero attached hydrogens (tertiary/aromatic N) is 2. The second-order valence-corrected chi connectivity index (χ2v) is 10.5. The van der Waals surface area contributed by atoms with Crippen LogP contribution in [0.2, 0.25) is 0 Å². The highest BCUT2D eigenvalue weighted by molar-refractivity contribution is 7.90. The van der Waals surface area contributed by atoms with Gasteiger partial charge in [-0.15, -0.1) is 0 Å². The Balaban J connectivity index is 1.40. The van der Waals surface area contributed by atoms with E-state index in [1.165, 1.54) is 13.2 Å². The summed E-state index contributed by atoms with van der Waals surface area (Å²) in [5.41, 5.74) is 3.74. The van der Waals surface area contributed by atoms with Crippen molar-refractivity contribution in [3.63, 3.8) is 0 Å². The number of carbonyl (C=O) groups excluding carboxylic acids is 1. The summed E-state index contributed by atoms with van der Waals surface area (Å²) in [6.45, 7) is 5.89. The number of aryl methyl sites for hydroxylation is 1. The molecule has 0 aliphatic carbocycles. The van der Waals surface area contributed by atoms with Gasteiger partial charge in [-0.05, 0) is 48.7 Å². The van der Waals surface area contributed by atoms with Crippen LogP contribution in [-0.2, 0) is 25.8 Å². The number of hydrogen-bond donors (Lipinski definition) is 0. The summed E-state index contributed by atoms with van der Waals surface area (Å²) in [4.78, 5) is 18.4. The van der Waals surface area contributed by atoms with Crippen LogP contribution in [0, 0.1) is 6.92 Å². The first-order valence-corrected chi connectivity index (χ1v) is 12.8. The quantitative estimate of drug-likeness (QED) is 0.486. The van der Waals surface area contributed by atoms with Crippen LogP contribution in [0.4, 0.5) is 0 Å². The molecule has 0 radical (unpaired) electrons. The highest BCUT2D eigenvalue weighted by Gasteiger charge is 2.25. The summed E-state index contributed by atoms with van der Waals surface area (Å²) in [7, 11) is -3.21. The molecular formula is C25H28N2O5S. The molecule has 2 aromatic carbocycles. The van der Waals surface area contributed by atoms with Crippen LogP contribution in [0.25, 0.3) is 22.6 Å². The third kappa shape index (κ3) is 5.69. The van der Waals surface area contributed by atoms with Crippen LogP contribution >= 0.6 is 0 Å². The van der Waals surface area contributed by atoms with Crippen LogP contribution < -0.4 is 0 Å². The van der Waals surface area contributed by atoms with Gasteiger partial charge in [0.2, 0.25) is 5.89 Å². The van der Waals surface area contributed by atoms with Crippen molar-refractivity contribution in [2.24, 2.45) is 0 Å². The number of benzene rings is 2. The number of esters is 1. The van der Waals surface area contributed by atoms with Gasteiger partial charge in [-0.3, -0.25) is 9.69 Å². The molecule has 4 rings (SSSR count). The number of oxazole rings is 1. The summed E-state index contributed by atoms with van der Waals surface area (Å²) in [5, 5.41) is 0. The Kier molecular flexibility index (Phi) is 6.67. The maximum Gasteiger partial charge on any atom is 0.302 e. The van der Waals surface area contributed by atoms with E-state index in [2.05, 4.69) is 4.90 Å². The molecule has 0 bridgehead atoms. The van der Waals surface area contributed by atoms with Crippen molar-refractivity contribution in [2.75, 3.05) is 25.9 Å². The predicted octanol–water partition coefficient (Wildman–Crippen LogP) is 3.90. The Labute approximate surface area is 194 Å². The maximum absolute atomic E-state index is 11.6. The number of carbonyl (C=O) groups is 1. The fourth-order valence-electron chi connectivity index (χ4n) is 4.08. The molecule has 8 heteroatoms. The Bertz CT molecular complexity index is 1230. The number of rotatable bonds is 7. The Morgan fingerprint density at radius 1 is 1.09 bits per heavy atom. The first-order chi connectivity index (χ1) is 15.7. The van der Waals surface area contributed by atoms with Crippen LogP contribution in [0.1, 0.15) is 24.8 Å². The van der Waals surface area contributed by atoms with Crippen LogP contribution in [0.3, 0.4) is 0 Å². The van der Waals surface area contributed by atoms with Crippen molar-refractivity contribution in [3.05, 3.63) is 60.0 Å². The molecule has 0 unspecified atom stereocenters. The van der Waals surface area contributed by atoms with E-state index >= 15 is 0 Å². The summed E-state index contributed by atoms with van der Waals surface area (Å²) in [5.74, 6) is 1.16. The molecule has 0 amide bonds. The topological polar surface area (TPSA) is 89.7 Å².